The molecule has 0 saturated carbocycles. The van der Waals surface area contributed by atoms with Crippen molar-refractivity contribution in [1.82, 2.24) is 4.98 Å². The van der Waals surface area contributed by atoms with Crippen LogP contribution in [-0.2, 0) is 4.79 Å². The largest absolute Gasteiger partial charge is 0.454 e. The molecule has 4 rings (SSSR count). The van der Waals surface area contributed by atoms with Gasteiger partial charge in [0.05, 0.1) is 17.0 Å². The lowest BCUT2D eigenvalue weighted by Crippen LogP contribution is -2.19. The first-order valence-corrected chi connectivity index (χ1v) is 10.6. The van der Waals surface area contributed by atoms with Crippen LogP contribution in [0.3, 0.4) is 0 Å². The van der Waals surface area contributed by atoms with Gasteiger partial charge >= 0.3 is 0 Å². The van der Waals surface area contributed by atoms with E-state index in [-0.39, 0.29) is 24.4 Å². The number of thiazole rings is 1. The van der Waals surface area contributed by atoms with Gasteiger partial charge < -0.3 is 20.1 Å². The van der Waals surface area contributed by atoms with Crippen LogP contribution in [0.25, 0.3) is 0 Å². The Morgan fingerprint density at radius 2 is 1.97 bits per heavy atom. The summed E-state index contributed by atoms with van der Waals surface area (Å²) in [5.74, 6) is 0.905. The van der Waals surface area contributed by atoms with Gasteiger partial charge in [-0.25, -0.2) is 4.98 Å². The number of fused-ring (bicyclic) bond motifs is 1. The number of carbonyl (C=O) groups is 2. The zero-order valence-corrected chi connectivity index (χ0v) is 17.1. The molecule has 0 unspecified atom stereocenters. The second-order valence-electron chi connectivity index (χ2n) is 6.16. The summed E-state index contributed by atoms with van der Waals surface area (Å²) in [6, 6.07) is 12.1. The van der Waals surface area contributed by atoms with Crippen molar-refractivity contribution in [2.45, 2.75) is 11.3 Å². The average Bonchev–Trinajstić information content (AvgIpc) is 3.35. The molecule has 0 bridgehead atoms. The summed E-state index contributed by atoms with van der Waals surface area (Å²) < 4.78 is 11.4. The molecule has 1 aliphatic heterocycles. The number of amides is 2. The molecule has 0 fully saturated rings. The van der Waals surface area contributed by atoms with Crippen molar-refractivity contribution in [3.05, 3.63) is 59.1 Å². The fourth-order valence-corrected chi connectivity index (χ4v) is 4.32. The second-order valence-corrected chi connectivity index (χ2v) is 8.24. The summed E-state index contributed by atoms with van der Waals surface area (Å²) in [5.41, 5.74) is 2.33. The standard InChI is InChI=1S/C20H17N3O4S2/c1-12-9-28-20(21-12)29-10-18(24)23-15-5-3-2-4-14(15)19(25)22-13-6-7-16-17(8-13)27-11-26-16/h2-9H,10-11H2,1H3,(H,22,25)(H,23,24). The Kier molecular flexibility index (Phi) is 5.68. The highest BCUT2D eigenvalue weighted by Gasteiger charge is 2.17. The molecule has 148 valence electrons. The number of rotatable bonds is 6. The van der Waals surface area contributed by atoms with Gasteiger partial charge in [0.1, 0.15) is 0 Å². The molecule has 1 aliphatic rings. The van der Waals surface area contributed by atoms with Gasteiger partial charge in [-0.1, -0.05) is 23.9 Å². The number of para-hydroxylation sites is 1. The summed E-state index contributed by atoms with van der Waals surface area (Å²) in [5, 5.41) is 7.57. The van der Waals surface area contributed by atoms with Crippen LogP contribution >= 0.6 is 23.1 Å². The third-order valence-electron chi connectivity index (χ3n) is 4.00. The highest BCUT2D eigenvalue weighted by atomic mass is 32.2. The first-order valence-electron chi connectivity index (χ1n) is 8.73. The van der Waals surface area contributed by atoms with Gasteiger partial charge in [-0.3, -0.25) is 9.59 Å². The highest BCUT2D eigenvalue weighted by Crippen LogP contribution is 2.34. The van der Waals surface area contributed by atoms with Crippen molar-refractivity contribution in [3.63, 3.8) is 0 Å². The number of aromatic nitrogens is 1. The van der Waals surface area contributed by atoms with Crippen LogP contribution < -0.4 is 20.1 Å². The normalized spacial score (nSPS) is 11.9. The second kappa shape index (κ2) is 8.54. The van der Waals surface area contributed by atoms with Crippen LogP contribution in [0.4, 0.5) is 11.4 Å². The van der Waals surface area contributed by atoms with Crippen LogP contribution in [-0.4, -0.2) is 29.3 Å². The number of aryl methyl sites for hydroxylation is 1. The average molecular weight is 428 g/mol. The summed E-state index contributed by atoms with van der Waals surface area (Å²) in [7, 11) is 0. The van der Waals surface area contributed by atoms with E-state index in [1.807, 2.05) is 12.3 Å². The molecular formula is C20H17N3O4S2. The zero-order chi connectivity index (χ0) is 20.2. The van der Waals surface area contributed by atoms with Crippen LogP contribution in [0.1, 0.15) is 16.1 Å². The SMILES string of the molecule is Cc1csc(SCC(=O)Nc2ccccc2C(=O)Nc2ccc3c(c2)OCO3)n1. The molecule has 0 radical (unpaired) electrons. The summed E-state index contributed by atoms with van der Waals surface area (Å²) in [6.45, 7) is 2.08. The fraction of sp³-hybridized carbons (Fsp3) is 0.150. The van der Waals surface area contributed by atoms with Gasteiger partial charge in [-0.05, 0) is 31.2 Å². The topological polar surface area (TPSA) is 89.6 Å². The van der Waals surface area contributed by atoms with E-state index >= 15 is 0 Å². The summed E-state index contributed by atoms with van der Waals surface area (Å²) in [6.07, 6.45) is 0. The fourth-order valence-electron chi connectivity index (χ4n) is 2.68. The van der Waals surface area contributed by atoms with E-state index in [0.29, 0.717) is 28.4 Å². The maximum absolute atomic E-state index is 12.8. The van der Waals surface area contributed by atoms with Crippen LogP contribution in [0.2, 0.25) is 0 Å². The maximum atomic E-state index is 12.8. The molecule has 0 spiro atoms. The van der Waals surface area contributed by atoms with Crippen molar-refractivity contribution in [2.75, 3.05) is 23.2 Å². The lowest BCUT2D eigenvalue weighted by molar-refractivity contribution is -0.113. The van der Waals surface area contributed by atoms with E-state index < -0.39 is 0 Å². The Bertz CT molecular complexity index is 1070. The molecule has 0 aliphatic carbocycles. The van der Waals surface area contributed by atoms with Gasteiger partial charge in [0.15, 0.2) is 15.8 Å². The number of nitrogens with one attached hydrogen (secondary N) is 2. The van der Waals surface area contributed by atoms with E-state index in [9.17, 15) is 9.59 Å². The molecule has 2 aromatic carbocycles. The molecule has 3 aromatic rings. The van der Waals surface area contributed by atoms with E-state index in [0.717, 1.165) is 10.0 Å². The molecule has 2 amide bonds. The first kappa shape index (κ1) is 19.3. The van der Waals surface area contributed by atoms with E-state index in [1.54, 1.807) is 42.5 Å². The summed E-state index contributed by atoms with van der Waals surface area (Å²) >= 11 is 2.87. The van der Waals surface area contributed by atoms with Crippen molar-refractivity contribution in [2.24, 2.45) is 0 Å². The number of carbonyl (C=O) groups excluding carboxylic acids is 2. The van der Waals surface area contributed by atoms with Crippen LogP contribution in [0, 0.1) is 6.92 Å². The molecule has 0 saturated heterocycles. The zero-order valence-electron chi connectivity index (χ0n) is 15.4. The third-order valence-corrected chi connectivity index (χ3v) is 6.14. The predicted molar refractivity (Wildman–Crippen MR) is 113 cm³/mol. The van der Waals surface area contributed by atoms with Crippen LogP contribution in [0.5, 0.6) is 11.5 Å². The van der Waals surface area contributed by atoms with Crippen molar-refractivity contribution in [3.8, 4) is 11.5 Å². The van der Waals surface area contributed by atoms with Crippen molar-refractivity contribution < 1.29 is 19.1 Å². The molecule has 0 atom stereocenters. The summed E-state index contributed by atoms with van der Waals surface area (Å²) in [4.78, 5) is 29.4. The van der Waals surface area contributed by atoms with Crippen LogP contribution in [0.15, 0.2) is 52.2 Å². The van der Waals surface area contributed by atoms with E-state index in [4.69, 9.17) is 9.47 Å². The maximum Gasteiger partial charge on any atom is 0.257 e. The number of thioether (sulfide) groups is 1. The Hall–Kier alpha value is -3.04. The van der Waals surface area contributed by atoms with E-state index in [1.165, 1.54) is 23.1 Å². The Morgan fingerprint density at radius 1 is 1.14 bits per heavy atom. The van der Waals surface area contributed by atoms with E-state index in [2.05, 4.69) is 15.6 Å². The molecular weight excluding hydrogens is 410 g/mol. The minimum atomic E-state index is -0.331. The van der Waals surface area contributed by atoms with Crippen molar-refractivity contribution >= 4 is 46.3 Å². The number of hydrogen-bond acceptors (Lipinski definition) is 7. The lowest BCUT2D eigenvalue weighted by atomic mass is 10.1. The van der Waals surface area contributed by atoms with Gasteiger partial charge in [-0.2, -0.15) is 0 Å². The number of ether oxygens (including phenoxy) is 2. The van der Waals surface area contributed by atoms with Gasteiger partial charge in [0.2, 0.25) is 12.7 Å². The van der Waals surface area contributed by atoms with Gasteiger partial charge in [0, 0.05) is 22.8 Å². The number of hydrogen-bond donors (Lipinski definition) is 2. The molecule has 29 heavy (non-hydrogen) atoms. The Morgan fingerprint density at radius 3 is 2.79 bits per heavy atom. The monoisotopic (exact) mass is 427 g/mol. The Labute approximate surface area is 175 Å². The number of benzene rings is 2. The minimum absolute atomic E-state index is 0.167. The third kappa shape index (κ3) is 4.69. The Balaban J connectivity index is 1.41. The first-order chi connectivity index (χ1) is 14.1. The van der Waals surface area contributed by atoms with Crippen molar-refractivity contribution in [1.29, 1.82) is 0 Å². The highest BCUT2D eigenvalue weighted by molar-refractivity contribution is 8.01. The minimum Gasteiger partial charge on any atom is -0.454 e. The molecule has 2 N–H and O–H groups in total. The molecule has 7 nitrogen and oxygen atoms in total. The molecule has 1 aromatic heterocycles. The lowest BCUT2D eigenvalue weighted by Gasteiger charge is -2.11. The quantitative estimate of drug-likeness (QED) is 0.574. The van der Waals surface area contributed by atoms with Gasteiger partial charge in [-0.15, -0.1) is 11.3 Å². The molecule has 9 heteroatoms. The number of anilines is 2. The smallest absolute Gasteiger partial charge is 0.257 e. The molecule has 2 heterocycles. The predicted octanol–water partition coefficient (Wildman–Crippen LogP) is 4.16. The van der Waals surface area contributed by atoms with Gasteiger partial charge in [0.25, 0.3) is 5.91 Å². The number of nitrogens with zero attached hydrogens (tertiary/aromatic N) is 1.